The van der Waals surface area contributed by atoms with E-state index >= 15 is 0 Å². The molecule has 2 aromatic carbocycles. The summed E-state index contributed by atoms with van der Waals surface area (Å²) in [4.78, 5) is 11.3. The van der Waals surface area contributed by atoms with E-state index in [-0.39, 0.29) is 12.4 Å². The third kappa shape index (κ3) is 3.88. The highest BCUT2D eigenvalue weighted by atomic mass is 79.9. The van der Waals surface area contributed by atoms with Crippen molar-refractivity contribution in [2.75, 3.05) is 0 Å². The van der Waals surface area contributed by atoms with Crippen molar-refractivity contribution in [3.63, 3.8) is 0 Å². The van der Waals surface area contributed by atoms with E-state index < -0.39 is 12.0 Å². The molecular formula is C15H13BrFNO2. The molecule has 0 saturated carbocycles. The van der Waals surface area contributed by atoms with Gasteiger partial charge in [0.05, 0.1) is 0 Å². The highest BCUT2D eigenvalue weighted by Crippen LogP contribution is 2.17. The van der Waals surface area contributed by atoms with E-state index in [1.54, 1.807) is 30.3 Å². The first kappa shape index (κ1) is 14.7. The summed E-state index contributed by atoms with van der Waals surface area (Å²) in [6.07, 6.45) is 0. The Balaban J connectivity index is 2.12. The Hall–Kier alpha value is -1.72. The van der Waals surface area contributed by atoms with Gasteiger partial charge in [-0.25, -0.2) is 4.39 Å². The molecule has 104 valence electrons. The Morgan fingerprint density at radius 2 is 1.95 bits per heavy atom. The number of hydrogen-bond acceptors (Lipinski definition) is 2. The molecule has 5 heteroatoms. The zero-order valence-electron chi connectivity index (χ0n) is 10.5. The molecule has 0 aliphatic carbocycles. The predicted octanol–water partition coefficient (Wildman–Crippen LogP) is 3.50. The van der Waals surface area contributed by atoms with Crippen LogP contribution in [-0.4, -0.2) is 11.1 Å². The van der Waals surface area contributed by atoms with Crippen molar-refractivity contribution in [3.8, 4) is 0 Å². The van der Waals surface area contributed by atoms with E-state index in [0.717, 1.165) is 0 Å². The largest absolute Gasteiger partial charge is 0.480 e. The van der Waals surface area contributed by atoms with Gasteiger partial charge in [-0.05, 0) is 29.3 Å². The van der Waals surface area contributed by atoms with Gasteiger partial charge in [0.25, 0.3) is 0 Å². The highest BCUT2D eigenvalue weighted by molar-refractivity contribution is 9.10. The van der Waals surface area contributed by atoms with Crippen molar-refractivity contribution in [3.05, 3.63) is 69.9 Å². The normalized spacial score (nSPS) is 12.1. The van der Waals surface area contributed by atoms with Crippen LogP contribution in [0.4, 0.5) is 4.39 Å². The van der Waals surface area contributed by atoms with E-state index in [9.17, 15) is 14.3 Å². The topological polar surface area (TPSA) is 49.3 Å². The summed E-state index contributed by atoms with van der Waals surface area (Å²) in [6, 6.07) is 12.5. The maximum atomic E-state index is 13.3. The predicted molar refractivity (Wildman–Crippen MR) is 77.8 cm³/mol. The van der Waals surface area contributed by atoms with Gasteiger partial charge in [-0.15, -0.1) is 0 Å². The van der Waals surface area contributed by atoms with Gasteiger partial charge in [-0.1, -0.05) is 46.3 Å². The van der Waals surface area contributed by atoms with Gasteiger partial charge in [-0.3, -0.25) is 10.1 Å². The summed E-state index contributed by atoms with van der Waals surface area (Å²) in [5, 5.41) is 12.2. The molecule has 0 aliphatic heterocycles. The van der Waals surface area contributed by atoms with Crippen LogP contribution in [0.1, 0.15) is 17.2 Å². The summed E-state index contributed by atoms with van der Waals surface area (Å²) >= 11 is 3.21. The van der Waals surface area contributed by atoms with Gasteiger partial charge >= 0.3 is 5.97 Å². The molecule has 2 N–H and O–H groups in total. The fraction of sp³-hybridized carbons (Fsp3) is 0.133. The zero-order valence-corrected chi connectivity index (χ0v) is 12.1. The molecular weight excluding hydrogens is 325 g/mol. The molecule has 0 spiro atoms. The second-order valence-electron chi connectivity index (χ2n) is 4.34. The minimum atomic E-state index is -0.966. The smallest absolute Gasteiger partial charge is 0.325 e. The maximum Gasteiger partial charge on any atom is 0.325 e. The molecule has 1 atom stereocenters. The van der Waals surface area contributed by atoms with Crippen molar-refractivity contribution in [2.24, 2.45) is 0 Å². The summed E-state index contributed by atoms with van der Waals surface area (Å²) in [6.45, 7) is 0.266. The lowest BCUT2D eigenvalue weighted by atomic mass is 10.1. The van der Waals surface area contributed by atoms with E-state index in [4.69, 9.17) is 0 Å². The van der Waals surface area contributed by atoms with Crippen LogP contribution in [0, 0.1) is 5.82 Å². The number of benzene rings is 2. The van der Waals surface area contributed by atoms with Gasteiger partial charge in [-0.2, -0.15) is 0 Å². The number of hydrogen-bond donors (Lipinski definition) is 2. The number of carboxylic acid groups (broad SMARTS) is 1. The van der Waals surface area contributed by atoms with Crippen LogP contribution >= 0.6 is 15.9 Å². The second kappa shape index (κ2) is 6.63. The number of carbonyl (C=O) groups is 1. The molecule has 0 saturated heterocycles. The molecule has 3 nitrogen and oxygen atoms in total. The summed E-state index contributed by atoms with van der Waals surface area (Å²) in [5.41, 5.74) is 1.34. The van der Waals surface area contributed by atoms with E-state index in [2.05, 4.69) is 21.2 Å². The summed E-state index contributed by atoms with van der Waals surface area (Å²) in [7, 11) is 0. The second-order valence-corrected chi connectivity index (χ2v) is 5.26. The lowest BCUT2D eigenvalue weighted by Gasteiger charge is -2.15. The Morgan fingerprint density at radius 3 is 2.55 bits per heavy atom. The van der Waals surface area contributed by atoms with Crippen LogP contribution in [-0.2, 0) is 11.3 Å². The van der Waals surface area contributed by atoms with Gasteiger partial charge in [0, 0.05) is 11.0 Å². The lowest BCUT2D eigenvalue weighted by molar-refractivity contribution is -0.139. The zero-order chi connectivity index (χ0) is 14.5. The molecule has 20 heavy (non-hydrogen) atoms. The monoisotopic (exact) mass is 337 g/mol. The summed E-state index contributed by atoms with van der Waals surface area (Å²) in [5.74, 6) is -1.32. The SMILES string of the molecule is O=C(O)C(NCc1cc(F)cc(Br)c1)c1ccccc1. The molecule has 0 bridgehead atoms. The first-order chi connectivity index (χ1) is 9.56. The van der Waals surface area contributed by atoms with Gasteiger partial charge in [0.1, 0.15) is 11.9 Å². The van der Waals surface area contributed by atoms with Crippen molar-refractivity contribution < 1.29 is 14.3 Å². The highest BCUT2D eigenvalue weighted by Gasteiger charge is 2.18. The fourth-order valence-corrected chi connectivity index (χ4v) is 2.44. The van der Waals surface area contributed by atoms with E-state index in [1.165, 1.54) is 12.1 Å². The van der Waals surface area contributed by atoms with Crippen LogP contribution in [0.15, 0.2) is 53.0 Å². The van der Waals surface area contributed by atoms with Gasteiger partial charge in [0.15, 0.2) is 0 Å². The van der Waals surface area contributed by atoms with Crippen LogP contribution in [0.25, 0.3) is 0 Å². The van der Waals surface area contributed by atoms with Crippen LogP contribution in [0.5, 0.6) is 0 Å². The molecule has 0 amide bonds. The van der Waals surface area contributed by atoms with Crippen molar-refractivity contribution >= 4 is 21.9 Å². The minimum absolute atomic E-state index is 0.266. The van der Waals surface area contributed by atoms with Crippen molar-refractivity contribution in [1.82, 2.24) is 5.32 Å². The number of aliphatic carboxylic acids is 1. The first-order valence-electron chi connectivity index (χ1n) is 6.02. The van der Waals surface area contributed by atoms with E-state index in [1.807, 2.05) is 6.07 Å². The average Bonchev–Trinajstić information content (AvgIpc) is 2.38. The van der Waals surface area contributed by atoms with Gasteiger partial charge in [0.2, 0.25) is 0 Å². The standard InChI is InChI=1S/C15H13BrFNO2/c16-12-6-10(7-13(17)8-12)9-18-14(15(19)20)11-4-2-1-3-5-11/h1-8,14,18H,9H2,(H,19,20). The van der Waals surface area contributed by atoms with E-state index in [0.29, 0.717) is 15.6 Å². The Bertz CT molecular complexity index is 584. The van der Waals surface area contributed by atoms with Crippen LogP contribution < -0.4 is 5.32 Å². The molecule has 0 heterocycles. The molecule has 1 unspecified atom stereocenters. The molecule has 2 rings (SSSR count). The number of halogens is 2. The Kier molecular flexibility index (Phi) is 4.87. The third-order valence-corrected chi connectivity index (χ3v) is 3.27. The molecule has 0 aromatic heterocycles. The molecule has 0 fully saturated rings. The van der Waals surface area contributed by atoms with Crippen molar-refractivity contribution in [2.45, 2.75) is 12.6 Å². The quantitative estimate of drug-likeness (QED) is 0.877. The maximum absolute atomic E-state index is 13.3. The Labute approximate surface area is 124 Å². The average molecular weight is 338 g/mol. The lowest BCUT2D eigenvalue weighted by Crippen LogP contribution is -2.28. The number of carboxylic acids is 1. The van der Waals surface area contributed by atoms with Crippen LogP contribution in [0.3, 0.4) is 0 Å². The van der Waals surface area contributed by atoms with Crippen molar-refractivity contribution in [1.29, 1.82) is 0 Å². The number of nitrogens with one attached hydrogen (secondary N) is 1. The third-order valence-electron chi connectivity index (χ3n) is 2.81. The molecule has 0 radical (unpaired) electrons. The minimum Gasteiger partial charge on any atom is -0.480 e. The molecule has 2 aromatic rings. The fourth-order valence-electron chi connectivity index (χ4n) is 1.93. The van der Waals surface area contributed by atoms with Crippen LogP contribution in [0.2, 0.25) is 0 Å². The number of rotatable bonds is 5. The summed E-state index contributed by atoms with van der Waals surface area (Å²) < 4.78 is 13.9. The molecule has 0 aliphatic rings. The Morgan fingerprint density at radius 1 is 1.25 bits per heavy atom. The van der Waals surface area contributed by atoms with Gasteiger partial charge < -0.3 is 5.11 Å². The first-order valence-corrected chi connectivity index (χ1v) is 6.81.